The lowest BCUT2D eigenvalue weighted by molar-refractivity contribution is 0.0581. The topological polar surface area (TPSA) is 52.6 Å². The van der Waals surface area contributed by atoms with E-state index in [1.54, 1.807) is 16.4 Å². The summed E-state index contributed by atoms with van der Waals surface area (Å²) in [7, 11) is -3.10. The summed E-state index contributed by atoms with van der Waals surface area (Å²) in [6.45, 7) is 6.20. The minimum Gasteiger partial charge on any atom is -0.314 e. The summed E-state index contributed by atoms with van der Waals surface area (Å²) in [6.07, 6.45) is 3.30. The molecule has 1 aromatic rings. The molecule has 2 aliphatic heterocycles. The Morgan fingerprint density at radius 3 is 2.38 bits per heavy atom. The number of benzene rings is 1. The van der Waals surface area contributed by atoms with Crippen LogP contribution in [0.3, 0.4) is 0 Å². The Hall–Kier alpha value is -0.0600. The second kappa shape index (κ2) is 10.5. The van der Waals surface area contributed by atoms with E-state index in [0.29, 0.717) is 25.0 Å². The van der Waals surface area contributed by atoms with E-state index < -0.39 is 10.0 Å². The molecule has 1 N–H and O–H groups in total. The van der Waals surface area contributed by atoms with E-state index in [-0.39, 0.29) is 51.1 Å². The number of hydrogen-bond donors (Lipinski definition) is 1. The monoisotopic (exact) mass is 555 g/mol. The van der Waals surface area contributed by atoms with Crippen LogP contribution in [0.25, 0.3) is 0 Å². The van der Waals surface area contributed by atoms with Crippen molar-refractivity contribution in [1.29, 1.82) is 0 Å². The average molecular weight is 557 g/mol. The fraction of sp³-hybridized carbons (Fsp3) is 0.700. The van der Waals surface area contributed by atoms with Crippen LogP contribution in [-0.2, 0) is 10.0 Å². The molecule has 29 heavy (non-hydrogen) atoms. The van der Waals surface area contributed by atoms with Gasteiger partial charge in [0.1, 0.15) is 5.82 Å². The predicted molar refractivity (Wildman–Crippen MR) is 125 cm³/mol. The highest BCUT2D eigenvalue weighted by molar-refractivity contribution is 8.93. The van der Waals surface area contributed by atoms with Crippen LogP contribution in [0.5, 0.6) is 0 Å². The third-order valence-electron chi connectivity index (χ3n) is 6.35. The zero-order valence-electron chi connectivity index (χ0n) is 16.8. The van der Waals surface area contributed by atoms with E-state index >= 15 is 0 Å². The first-order valence-electron chi connectivity index (χ1n) is 10.2. The normalized spacial score (nSPS) is 25.7. The average Bonchev–Trinajstić information content (AvgIpc) is 3.50. The Bertz CT molecular complexity index is 771. The van der Waals surface area contributed by atoms with Gasteiger partial charge in [0.15, 0.2) is 0 Å². The maximum atomic E-state index is 14.0. The van der Waals surface area contributed by atoms with Gasteiger partial charge < -0.3 is 5.32 Å². The Morgan fingerprint density at radius 2 is 1.79 bits per heavy atom. The second-order valence-electron chi connectivity index (χ2n) is 8.27. The third-order valence-corrected chi connectivity index (χ3v) is 8.75. The van der Waals surface area contributed by atoms with Gasteiger partial charge in [0.25, 0.3) is 0 Å². The summed E-state index contributed by atoms with van der Waals surface area (Å²) in [6, 6.07) is 7.48. The number of piperidine rings is 1. The number of rotatable bonds is 5. The number of halogens is 3. The van der Waals surface area contributed by atoms with Gasteiger partial charge in [-0.25, -0.2) is 17.1 Å². The van der Waals surface area contributed by atoms with E-state index in [4.69, 9.17) is 0 Å². The van der Waals surface area contributed by atoms with Gasteiger partial charge in [0, 0.05) is 44.8 Å². The maximum absolute atomic E-state index is 14.0. The van der Waals surface area contributed by atoms with Gasteiger partial charge in [0.2, 0.25) is 10.0 Å². The summed E-state index contributed by atoms with van der Waals surface area (Å²) in [5, 5.41) is 3.29. The van der Waals surface area contributed by atoms with Gasteiger partial charge >= 0.3 is 0 Å². The summed E-state index contributed by atoms with van der Waals surface area (Å²) < 4.78 is 40.8. The molecule has 0 bridgehead atoms. The van der Waals surface area contributed by atoms with Crippen molar-refractivity contribution in [3.8, 4) is 0 Å². The third kappa shape index (κ3) is 5.60. The van der Waals surface area contributed by atoms with E-state index in [9.17, 15) is 12.8 Å². The Morgan fingerprint density at radius 1 is 1.10 bits per heavy atom. The lowest BCUT2D eigenvalue weighted by Gasteiger charge is -2.45. The Balaban J connectivity index is 0.00000150. The van der Waals surface area contributed by atoms with Gasteiger partial charge in [-0.15, -0.1) is 34.0 Å². The first-order chi connectivity index (χ1) is 13.0. The zero-order valence-corrected chi connectivity index (χ0v) is 21.0. The van der Waals surface area contributed by atoms with Gasteiger partial charge in [-0.1, -0.05) is 12.1 Å². The van der Waals surface area contributed by atoms with Gasteiger partial charge in [-0.3, -0.25) is 4.90 Å². The first-order valence-corrected chi connectivity index (χ1v) is 11.7. The molecule has 166 valence electrons. The Kier molecular flexibility index (Phi) is 9.13. The van der Waals surface area contributed by atoms with Gasteiger partial charge in [-0.05, 0) is 56.2 Å². The number of sulfonamides is 1. The lowest BCUT2D eigenvalue weighted by Crippen LogP contribution is -2.53. The fourth-order valence-electron chi connectivity index (χ4n) is 4.72. The van der Waals surface area contributed by atoms with Crippen molar-refractivity contribution < 1.29 is 12.8 Å². The first kappa shape index (κ1) is 25.2. The van der Waals surface area contributed by atoms with Crippen molar-refractivity contribution in [1.82, 2.24) is 14.5 Å². The van der Waals surface area contributed by atoms with Crippen molar-refractivity contribution >= 4 is 44.0 Å². The highest BCUT2D eigenvalue weighted by atomic mass is 79.9. The molecular formula is C20H32Br2FN3O2S. The van der Waals surface area contributed by atoms with Crippen LogP contribution in [0, 0.1) is 11.7 Å². The molecule has 0 spiro atoms. The summed E-state index contributed by atoms with van der Waals surface area (Å²) in [5.74, 6) is 0.145. The largest absolute Gasteiger partial charge is 0.314 e. The maximum Gasteiger partial charge on any atom is 0.216 e. The highest BCUT2D eigenvalue weighted by Crippen LogP contribution is 2.39. The number of hydrogen-bond acceptors (Lipinski definition) is 4. The van der Waals surface area contributed by atoms with Crippen molar-refractivity contribution in [2.75, 3.05) is 32.7 Å². The molecule has 0 amide bonds. The van der Waals surface area contributed by atoms with Crippen molar-refractivity contribution in [3.05, 3.63) is 35.6 Å². The smallest absolute Gasteiger partial charge is 0.216 e. The summed E-state index contributed by atoms with van der Waals surface area (Å²) in [5.41, 5.74) is 1.02. The van der Waals surface area contributed by atoms with Gasteiger partial charge in [0.05, 0.1) is 5.25 Å². The summed E-state index contributed by atoms with van der Waals surface area (Å²) >= 11 is 0. The van der Waals surface area contributed by atoms with Crippen molar-refractivity contribution in [2.45, 2.75) is 49.9 Å². The fourth-order valence-corrected chi connectivity index (χ4v) is 6.59. The van der Waals surface area contributed by atoms with Crippen LogP contribution in [0.4, 0.5) is 4.39 Å². The minimum absolute atomic E-state index is 0. The quantitative estimate of drug-likeness (QED) is 0.603. The molecule has 4 rings (SSSR count). The molecule has 2 heterocycles. The number of nitrogens with one attached hydrogen (secondary N) is 1. The molecule has 0 radical (unpaired) electrons. The van der Waals surface area contributed by atoms with Gasteiger partial charge in [-0.2, -0.15) is 0 Å². The second-order valence-corrected chi connectivity index (χ2v) is 10.5. The molecule has 1 saturated carbocycles. The van der Waals surface area contributed by atoms with Crippen LogP contribution in [-0.4, -0.2) is 61.6 Å². The van der Waals surface area contributed by atoms with Crippen LogP contribution in [0.1, 0.15) is 44.2 Å². The molecule has 2 atom stereocenters. The molecular weight excluding hydrogens is 525 g/mol. The summed E-state index contributed by atoms with van der Waals surface area (Å²) in [4.78, 5) is 2.49. The van der Waals surface area contributed by atoms with Crippen LogP contribution in [0.15, 0.2) is 24.3 Å². The van der Waals surface area contributed by atoms with Crippen molar-refractivity contribution in [2.24, 2.45) is 5.92 Å². The molecule has 9 heteroatoms. The van der Waals surface area contributed by atoms with E-state index in [1.165, 1.54) is 6.07 Å². The molecule has 0 unspecified atom stereocenters. The van der Waals surface area contributed by atoms with Crippen LogP contribution < -0.4 is 5.32 Å². The van der Waals surface area contributed by atoms with Crippen LogP contribution in [0.2, 0.25) is 0 Å². The van der Waals surface area contributed by atoms with E-state index in [1.807, 2.05) is 6.07 Å². The minimum atomic E-state index is -3.10. The molecule has 5 nitrogen and oxygen atoms in total. The predicted octanol–water partition coefficient (Wildman–Crippen LogP) is 3.52. The molecule has 2 saturated heterocycles. The molecule has 3 aliphatic rings. The lowest BCUT2D eigenvalue weighted by atomic mass is 9.84. The number of piperazine rings is 1. The molecule has 0 aromatic heterocycles. The zero-order chi connectivity index (χ0) is 19.0. The molecule has 1 aromatic carbocycles. The SMILES string of the molecule is Br.Br.C[C@H]1CNCCN1[C@@H](c1cccc(F)c1)C1CCN(S(=O)(=O)C2CC2)CC1. The van der Waals surface area contributed by atoms with E-state index in [2.05, 4.69) is 17.1 Å². The van der Waals surface area contributed by atoms with E-state index in [0.717, 1.165) is 50.9 Å². The highest BCUT2D eigenvalue weighted by Gasteiger charge is 2.43. The van der Waals surface area contributed by atoms with Crippen LogP contribution >= 0.6 is 34.0 Å². The Labute approximate surface area is 195 Å². The molecule has 3 fully saturated rings. The van der Waals surface area contributed by atoms with Crippen molar-refractivity contribution in [3.63, 3.8) is 0 Å². The molecule has 1 aliphatic carbocycles. The number of nitrogens with zero attached hydrogens (tertiary/aromatic N) is 2. The standard InChI is InChI=1S/C20H30FN3O2S.2BrH/c1-15-14-22-9-12-24(15)20(17-3-2-4-18(21)13-17)16-7-10-23(11-8-16)27(25,26)19-5-6-19;;/h2-4,13,15-16,19-20,22H,5-12,14H2,1H3;2*1H/t15-,20+;;/m0../s1.